The van der Waals surface area contributed by atoms with Crippen molar-refractivity contribution < 1.29 is 51.0 Å². The van der Waals surface area contributed by atoms with Gasteiger partial charge >= 0.3 is 12.2 Å². The van der Waals surface area contributed by atoms with Crippen LogP contribution in [0.3, 0.4) is 0 Å². The molecular formula is C46H54F4N8O7. The third kappa shape index (κ3) is 8.56. The highest BCUT2D eigenvalue weighted by atomic mass is 19.3. The molecule has 4 N–H and O–H groups in total. The Balaban J connectivity index is 1.06. The second-order valence-corrected chi connectivity index (χ2v) is 17.9. The molecule has 2 saturated heterocycles. The van der Waals surface area contributed by atoms with Crippen molar-refractivity contribution in [3.8, 4) is 34.0 Å². The molecule has 15 nitrogen and oxygen atoms in total. The molecule has 19 heteroatoms. The van der Waals surface area contributed by atoms with E-state index in [0.29, 0.717) is 48.0 Å². The quantitative estimate of drug-likeness (QED) is 0.108. The summed E-state index contributed by atoms with van der Waals surface area (Å²) in [5, 5.41) is 5.01. The molecule has 2 aromatic heterocycles. The number of likely N-dealkylation sites (tertiary alicyclic amines) is 2. The summed E-state index contributed by atoms with van der Waals surface area (Å²) < 4.78 is 76.5. The largest absolute Gasteiger partial charge is 0.453 e. The van der Waals surface area contributed by atoms with Crippen molar-refractivity contribution in [3.63, 3.8) is 0 Å². The summed E-state index contributed by atoms with van der Waals surface area (Å²) in [7, 11) is 2.34. The molecule has 2 aromatic carbocycles. The maximum atomic E-state index is 15.2. The third-order valence-corrected chi connectivity index (χ3v) is 12.8. The highest BCUT2D eigenvalue weighted by molar-refractivity contribution is 5.89. The molecule has 4 atom stereocenters. The van der Waals surface area contributed by atoms with Crippen LogP contribution in [0.25, 0.3) is 22.5 Å². The normalized spacial score (nSPS) is 20.2. The van der Waals surface area contributed by atoms with Gasteiger partial charge in [-0.1, -0.05) is 40.7 Å². The number of carbonyl (C=O) groups excluding carboxylic acids is 4. The number of alkyl carbamates (subject to hydrolysis) is 2. The molecule has 4 aromatic rings. The van der Waals surface area contributed by atoms with Gasteiger partial charge in [-0.2, -0.15) is 0 Å². The van der Waals surface area contributed by atoms with Gasteiger partial charge in [0, 0.05) is 41.9 Å². The lowest BCUT2D eigenvalue weighted by Gasteiger charge is -2.38. The van der Waals surface area contributed by atoms with Gasteiger partial charge in [-0.15, -0.1) is 0 Å². The summed E-state index contributed by atoms with van der Waals surface area (Å²) in [5.41, 5.74) is 6.74. The van der Waals surface area contributed by atoms with Gasteiger partial charge in [-0.3, -0.25) is 9.59 Å². The Kier molecular flexibility index (Phi) is 12.0. The van der Waals surface area contributed by atoms with Gasteiger partial charge in [0.15, 0.2) is 11.5 Å². The van der Waals surface area contributed by atoms with Crippen molar-refractivity contribution in [1.29, 1.82) is 0 Å². The van der Waals surface area contributed by atoms with Crippen LogP contribution in [0.1, 0.15) is 88.6 Å². The minimum atomic E-state index is -3.18. The van der Waals surface area contributed by atoms with E-state index >= 15 is 17.6 Å². The van der Waals surface area contributed by atoms with E-state index in [1.165, 1.54) is 7.11 Å². The van der Waals surface area contributed by atoms with Crippen LogP contribution in [0, 0.1) is 11.8 Å². The predicted octanol–water partition coefficient (Wildman–Crippen LogP) is 8.40. The van der Waals surface area contributed by atoms with Crippen LogP contribution >= 0.6 is 0 Å². The van der Waals surface area contributed by atoms with Gasteiger partial charge in [0.2, 0.25) is 11.8 Å². The lowest BCUT2D eigenvalue weighted by molar-refractivity contribution is -0.137. The number of nitrogens with zero attached hydrogens (tertiary/aromatic N) is 4. The zero-order valence-electron chi connectivity index (χ0n) is 37.3. The number of imidazole rings is 1. The van der Waals surface area contributed by atoms with E-state index in [1.807, 2.05) is 43.3 Å². The standard InChI is InChI=1S/C46H54F4N8O7/c1-8-25-16-29(52-38(25)32-18-45(47,48)21-57(32)41(59)36(23(2)3)54-43(61)63-6)26-11-13-31-35(17-26)65-34-14-12-27(28-10-9-15-56(31)39(28)34)30-20-51-40(53-30)33-19-46(49,50)22-58(33)42(60)37(24(4)5)55-44(62)64-7/h11-14,16-17,20,23-24,32-33,36-37,52H,8-10,15,18-19,21-22H2,1-7H3,(H,51,53)(H,54,61)(H,55,62). The first-order valence-electron chi connectivity index (χ1n) is 21.9. The van der Waals surface area contributed by atoms with Crippen molar-refractivity contribution in [2.24, 2.45) is 11.8 Å². The molecule has 4 amide bonds. The van der Waals surface area contributed by atoms with Crippen molar-refractivity contribution in [2.45, 2.75) is 103 Å². The molecule has 0 radical (unpaired) electrons. The number of aromatic amines is 2. The highest BCUT2D eigenvalue weighted by Crippen LogP contribution is 2.53. The Labute approximate surface area is 373 Å². The maximum Gasteiger partial charge on any atom is 0.407 e. The van der Waals surface area contributed by atoms with Crippen molar-refractivity contribution in [1.82, 2.24) is 35.4 Å². The summed E-state index contributed by atoms with van der Waals surface area (Å²) in [4.78, 5) is 67.3. The summed E-state index contributed by atoms with van der Waals surface area (Å²) in [6.07, 6.45) is 0.695. The van der Waals surface area contributed by atoms with Crippen LogP contribution in [0.15, 0.2) is 42.6 Å². The fourth-order valence-corrected chi connectivity index (χ4v) is 9.63. The second-order valence-electron chi connectivity index (χ2n) is 17.9. The lowest BCUT2D eigenvalue weighted by atomic mass is 9.92. The number of rotatable bonds is 11. The minimum Gasteiger partial charge on any atom is -0.453 e. The topological polar surface area (TPSA) is 174 Å². The van der Waals surface area contributed by atoms with Crippen molar-refractivity contribution in [3.05, 3.63) is 65.2 Å². The zero-order chi connectivity index (χ0) is 46.7. The van der Waals surface area contributed by atoms with Crippen LogP contribution in [0.5, 0.6) is 11.5 Å². The van der Waals surface area contributed by atoms with Gasteiger partial charge in [-0.25, -0.2) is 32.1 Å². The Hall–Kier alpha value is -6.27. The fourth-order valence-electron chi connectivity index (χ4n) is 9.63. The van der Waals surface area contributed by atoms with E-state index in [-0.39, 0.29) is 5.82 Å². The SMILES string of the molecule is CCc1cc(-c2ccc3c(c2)Oc2ccc(-c4cnc(C5CC(F)(F)CN5C(=O)C(NC(=O)OC)C(C)C)[nH]4)c4c2N3CCC4)[nH]c1C1CC(F)(F)CN1C(=O)C(NC(=O)OC)C(C)C. The number of fused-ring (bicyclic) bond motifs is 2. The molecule has 348 valence electrons. The van der Waals surface area contributed by atoms with Gasteiger partial charge in [0.05, 0.1) is 62.7 Å². The number of hydrogen-bond donors (Lipinski definition) is 4. The number of carbonyl (C=O) groups is 4. The van der Waals surface area contributed by atoms with E-state index in [0.717, 1.165) is 57.0 Å². The number of alkyl halides is 4. The number of hydrogen-bond acceptors (Lipinski definition) is 9. The molecule has 0 spiro atoms. The number of H-pyrrole nitrogens is 2. The minimum absolute atomic E-state index is 0.202. The second kappa shape index (κ2) is 17.3. The third-order valence-electron chi connectivity index (χ3n) is 12.8. The number of aromatic nitrogens is 3. The first kappa shape index (κ1) is 45.3. The average Bonchev–Trinajstić information content (AvgIpc) is 4.07. The Morgan fingerprint density at radius 1 is 0.831 bits per heavy atom. The monoisotopic (exact) mass is 906 g/mol. The smallest absolute Gasteiger partial charge is 0.407 e. The number of nitrogens with one attached hydrogen (secondary N) is 4. The van der Waals surface area contributed by atoms with E-state index in [2.05, 4.69) is 35.2 Å². The first-order chi connectivity index (χ1) is 30.8. The number of ether oxygens (including phenoxy) is 3. The lowest BCUT2D eigenvalue weighted by Crippen LogP contribution is -2.51. The Morgan fingerprint density at radius 2 is 1.45 bits per heavy atom. The number of anilines is 2. The molecule has 0 bridgehead atoms. The molecule has 0 saturated carbocycles. The van der Waals surface area contributed by atoms with Crippen LogP contribution in [0.4, 0.5) is 38.5 Å². The molecule has 2 fully saturated rings. The van der Waals surface area contributed by atoms with E-state index in [1.54, 1.807) is 33.9 Å². The molecule has 4 unspecified atom stereocenters. The number of benzene rings is 2. The van der Waals surface area contributed by atoms with E-state index in [4.69, 9.17) is 9.47 Å². The molecule has 65 heavy (non-hydrogen) atoms. The summed E-state index contributed by atoms with van der Waals surface area (Å²) in [6.45, 7) is 7.86. The van der Waals surface area contributed by atoms with Crippen molar-refractivity contribution >= 4 is 35.4 Å². The molecule has 0 aliphatic carbocycles. The average molecular weight is 907 g/mol. The summed E-state index contributed by atoms with van der Waals surface area (Å²) in [6, 6.07) is 7.23. The van der Waals surface area contributed by atoms with Gasteiger partial charge in [0.25, 0.3) is 11.8 Å². The molecule has 4 aliphatic heterocycles. The van der Waals surface area contributed by atoms with Gasteiger partial charge in [0.1, 0.15) is 17.9 Å². The number of amides is 4. The number of halogens is 4. The Bertz CT molecular complexity index is 2510. The van der Waals surface area contributed by atoms with E-state index in [9.17, 15) is 19.2 Å². The van der Waals surface area contributed by atoms with Gasteiger partial charge in [-0.05, 0) is 72.6 Å². The fraction of sp³-hybridized carbons (Fsp3) is 0.500. The predicted molar refractivity (Wildman–Crippen MR) is 231 cm³/mol. The van der Waals surface area contributed by atoms with Crippen molar-refractivity contribution in [2.75, 3.05) is 38.8 Å². The highest BCUT2D eigenvalue weighted by Gasteiger charge is 2.52. The van der Waals surface area contributed by atoms with Crippen LogP contribution < -0.4 is 20.3 Å². The first-order valence-corrected chi connectivity index (χ1v) is 21.9. The van der Waals surface area contributed by atoms with Crippen LogP contribution in [0.2, 0.25) is 0 Å². The number of aryl methyl sites for hydroxylation is 1. The van der Waals surface area contributed by atoms with Gasteiger partial charge < -0.3 is 49.5 Å². The zero-order valence-corrected chi connectivity index (χ0v) is 37.3. The molecule has 4 aliphatic rings. The molecule has 6 heterocycles. The molecule has 8 rings (SSSR count). The Morgan fingerprint density at radius 3 is 2.05 bits per heavy atom. The summed E-state index contributed by atoms with van der Waals surface area (Å²) >= 11 is 0. The van der Waals surface area contributed by atoms with Crippen LogP contribution in [-0.4, -0.2) is 107 Å². The van der Waals surface area contributed by atoms with E-state index < -0.39 is 97.8 Å². The number of methoxy groups -OCH3 is 2. The maximum absolute atomic E-state index is 15.2. The summed E-state index contributed by atoms with van der Waals surface area (Å²) in [5.74, 6) is -7.01. The van der Waals surface area contributed by atoms with Crippen LogP contribution in [-0.2, 0) is 31.9 Å². The molecular weight excluding hydrogens is 853 g/mol.